The van der Waals surface area contributed by atoms with Gasteiger partial charge < -0.3 is 19.7 Å². The fourth-order valence-corrected chi connectivity index (χ4v) is 6.03. The number of methoxy groups -OCH3 is 1. The molecule has 1 amide bonds. The first kappa shape index (κ1) is 26.0. The van der Waals surface area contributed by atoms with E-state index in [0.717, 1.165) is 50.2 Å². The Balaban J connectivity index is 1.49. The van der Waals surface area contributed by atoms with E-state index in [1.54, 1.807) is 18.2 Å². The van der Waals surface area contributed by atoms with Crippen molar-refractivity contribution >= 4 is 11.9 Å². The Kier molecular flexibility index (Phi) is 7.74. The van der Waals surface area contributed by atoms with Gasteiger partial charge in [0.2, 0.25) is 5.95 Å². The van der Waals surface area contributed by atoms with Gasteiger partial charge in [-0.25, -0.2) is 14.4 Å². The van der Waals surface area contributed by atoms with Crippen LogP contribution in [0.1, 0.15) is 39.0 Å². The minimum atomic E-state index is -1.92. The minimum Gasteiger partial charge on any atom is -0.491 e. The van der Waals surface area contributed by atoms with E-state index in [4.69, 9.17) is 14.5 Å². The molecule has 0 aliphatic carbocycles. The van der Waals surface area contributed by atoms with Gasteiger partial charge in [-0.05, 0) is 88.6 Å². The van der Waals surface area contributed by atoms with Gasteiger partial charge in [0.15, 0.2) is 5.67 Å². The average Bonchev–Trinajstić information content (AvgIpc) is 3.19. The molecule has 4 fully saturated rings. The summed E-state index contributed by atoms with van der Waals surface area (Å²) in [5.74, 6) is 0.822. The molecule has 1 unspecified atom stereocenters. The van der Waals surface area contributed by atoms with Gasteiger partial charge in [0.1, 0.15) is 12.4 Å². The summed E-state index contributed by atoms with van der Waals surface area (Å²) in [6.45, 7) is 7.03. The first-order valence-electron chi connectivity index (χ1n) is 13.4. The number of fused-ring (bicyclic) bond motifs is 4. The van der Waals surface area contributed by atoms with Crippen molar-refractivity contribution in [3.8, 4) is 17.0 Å². The largest absolute Gasteiger partial charge is 0.491 e. The fourth-order valence-electron chi connectivity index (χ4n) is 6.03. The Morgan fingerprint density at radius 1 is 1.11 bits per heavy atom. The van der Waals surface area contributed by atoms with Crippen LogP contribution in [-0.2, 0) is 9.53 Å². The summed E-state index contributed by atoms with van der Waals surface area (Å²) in [4.78, 5) is 27.7. The SMILES string of the molecule is COCCOc1ccc(-c2ccnc(N(C(=O)C3(F)CCNCC3)C3(C)CCN4CCC3CC4)n2)cc1. The van der Waals surface area contributed by atoms with Crippen molar-refractivity contribution in [2.24, 2.45) is 5.92 Å². The number of halogens is 1. The zero-order valence-electron chi connectivity index (χ0n) is 21.9. The van der Waals surface area contributed by atoms with Crippen molar-refractivity contribution in [2.75, 3.05) is 57.9 Å². The lowest BCUT2D eigenvalue weighted by Gasteiger charge is -2.47. The molecule has 0 radical (unpaired) electrons. The van der Waals surface area contributed by atoms with Crippen LogP contribution in [0.5, 0.6) is 5.75 Å². The van der Waals surface area contributed by atoms with Crippen LogP contribution in [0.25, 0.3) is 11.3 Å². The molecule has 1 aromatic heterocycles. The number of rotatable bonds is 8. The molecule has 37 heavy (non-hydrogen) atoms. The second kappa shape index (κ2) is 11.0. The van der Waals surface area contributed by atoms with Gasteiger partial charge in [-0.15, -0.1) is 0 Å². The number of hydrogen-bond donors (Lipinski definition) is 1. The number of ether oxygens (including phenoxy) is 2. The van der Waals surface area contributed by atoms with Crippen molar-refractivity contribution < 1.29 is 18.7 Å². The van der Waals surface area contributed by atoms with Crippen LogP contribution in [0.3, 0.4) is 0 Å². The normalized spacial score (nSPS) is 26.9. The smallest absolute Gasteiger partial charge is 0.267 e. The molecule has 4 saturated heterocycles. The van der Waals surface area contributed by atoms with Crippen molar-refractivity contribution in [3.63, 3.8) is 0 Å². The standard InChI is InChI=1S/C28H38FN5O3/c1-27(12-18-33-16-8-22(27)9-17-33)34(25(35)28(29)10-14-30-15-11-28)26-31-13-7-24(32-26)21-3-5-23(6-4-21)37-20-19-36-2/h3-7,13,22,30H,8-12,14-20H2,1-2H3. The monoisotopic (exact) mass is 511 g/mol. The number of nitrogens with zero attached hydrogens (tertiary/aromatic N) is 4. The first-order valence-corrected chi connectivity index (χ1v) is 13.4. The van der Waals surface area contributed by atoms with E-state index in [2.05, 4.69) is 22.1 Å². The molecule has 2 aromatic rings. The third kappa shape index (κ3) is 5.35. The molecule has 4 aliphatic heterocycles. The highest BCUT2D eigenvalue weighted by atomic mass is 19.1. The molecular weight excluding hydrogens is 473 g/mol. The number of nitrogens with one attached hydrogen (secondary N) is 1. The minimum absolute atomic E-state index is 0.166. The fraction of sp³-hybridized carbons (Fsp3) is 0.607. The van der Waals surface area contributed by atoms with Crippen LogP contribution in [-0.4, -0.2) is 85.0 Å². The molecule has 5 heterocycles. The summed E-state index contributed by atoms with van der Waals surface area (Å²) in [5, 5.41) is 3.18. The highest BCUT2D eigenvalue weighted by molar-refractivity contribution is 5.99. The number of hydrogen-bond acceptors (Lipinski definition) is 7. The summed E-state index contributed by atoms with van der Waals surface area (Å²) < 4.78 is 27.0. The lowest BCUT2D eigenvalue weighted by molar-refractivity contribution is -0.133. The summed E-state index contributed by atoms with van der Waals surface area (Å²) in [7, 11) is 1.64. The summed E-state index contributed by atoms with van der Waals surface area (Å²) >= 11 is 0. The van der Waals surface area contributed by atoms with Crippen LogP contribution in [0, 0.1) is 5.92 Å². The van der Waals surface area contributed by atoms with Gasteiger partial charge in [0.05, 0.1) is 17.8 Å². The number of anilines is 1. The van der Waals surface area contributed by atoms with E-state index in [1.807, 2.05) is 30.3 Å². The molecule has 4 aliphatic rings. The molecule has 0 saturated carbocycles. The Bertz CT molecular complexity index is 1070. The number of alkyl halides is 1. The molecule has 8 nitrogen and oxygen atoms in total. The molecule has 200 valence electrons. The van der Waals surface area contributed by atoms with Crippen LogP contribution < -0.4 is 15.0 Å². The Morgan fingerprint density at radius 2 is 1.84 bits per heavy atom. The van der Waals surface area contributed by atoms with Crippen molar-refractivity contribution in [3.05, 3.63) is 36.5 Å². The first-order chi connectivity index (χ1) is 17.9. The van der Waals surface area contributed by atoms with Crippen LogP contribution in [0.2, 0.25) is 0 Å². The van der Waals surface area contributed by atoms with Gasteiger partial charge in [-0.3, -0.25) is 9.69 Å². The zero-order valence-corrected chi connectivity index (χ0v) is 21.9. The van der Waals surface area contributed by atoms with Gasteiger partial charge in [0.25, 0.3) is 5.91 Å². The number of carbonyl (C=O) groups excluding carboxylic acids is 1. The second-order valence-electron chi connectivity index (χ2n) is 10.7. The third-order valence-corrected chi connectivity index (χ3v) is 8.44. The van der Waals surface area contributed by atoms with Crippen molar-refractivity contribution in [1.29, 1.82) is 0 Å². The molecular formula is C28H38FN5O3. The molecule has 0 spiro atoms. The Morgan fingerprint density at radius 3 is 2.54 bits per heavy atom. The van der Waals surface area contributed by atoms with E-state index < -0.39 is 17.1 Å². The van der Waals surface area contributed by atoms with Gasteiger partial charge in [0, 0.05) is 38.3 Å². The van der Waals surface area contributed by atoms with E-state index in [9.17, 15) is 4.79 Å². The topological polar surface area (TPSA) is 79.8 Å². The predicted octanol–water partition coefficient (Wildman–Crippen LogP) is 3.47. The highest BCUT2D eigenvalue weighted by Gasteiger charge is 2.53. The van der Waals surface area contributed by atoms with E-state index in [0.29, 0.717) is 37.9 Å². The molecule has 2 bridgehead atoms. The number of piperidine rings is 2. The molecule has 6 rings (SSSR count). The maximum absolute atomic E-state index is 16.2. The lowest BCUT2D eigenvalue weighted by atomic mass is 9.76. The summed E-state index contributed by atoms with van der Waals surface area (Å²) in [5.41, 5.74) is -0.900. The summed E-state index contributed by atoms with van der Waals surface area (Å²) in [6.07, 6.45) is 4.77. The molecule has 9 heteroatoms. The maximum Gasteiger partial charge on any atom is 0.267 e. The van der Waals surface area contributed by atoms with E-state index in [-0.39, 0.29) is 18.8 Å². The van der Waals surface area contributed by atoms with E-state index in [1.165, 1.54) is 0 Å². The number of aromatic nitrogens is 2. The second-order valence-corrected chi connectivity index (χ2v) is 10.7. The predicted molar refractivity (Wildman–Crippen MR) is 140 cm³/mol. The third-order valence-electron chi connectivity index (χ3n) is 8.44. The van der Waals surface area contributed by atoms with Crippen molar-refractivity contribution in [1.82, 2.24) is 20.2 Å². The van der Waals surface area contributed by atoms with Crippen LogP contribution >= 0.6 is 0 Å². The maximum atomic E-state index is 16.2. The molecule has 1 atom stereocenters. The zero-order chi connectivity index (χ0) is 25.9. The number of benzene rings is 1. The van der Waals surface area contributed by atoms with Gasteiger partial charge >= 0.3 is 0 Å². The molecule has 1 N–H and O–H groups in total. The van der Waals surface area contributed by atoms with Crippen molar-refractivity contribution in [2.45, 2.75) is 50.2 Å². The molecule has 1 aromatic carbocycles. The number of amides is 1. The Labute approximate surface area is 218 Å². The quantitative estimate of drug-likeness (QED) is 0.544. The highest BCUT2D eigenvalue weighted by Crippen LogP contribution is 2.43. The number of carbonyl (C=O) groups is 1. The van der Waals surface area contributed by atoms with Gasteiger partial charge in [-0.2, -0.15) is 0 Å². The lowest BCUT2D eigenvalue weighted by Crippen LogP contribution is -2.62. The van der Waals surface area contributed by atoms with Crippen LogP contribution in [0.4, 0.5) is 10.3 Å². The van der Waals surface area contributed by atoms with E-state index >= 15 is 4.39 Å². The van der Waals surface area contributed by atoms with Gasteiger partial charge in [-0.1, -0.05) is 0 Å². The van der Waals surface area contributed by atoms with Crippen LogP contribution in [0.15, 0.2) is 36.5 Å². The average molecular weight is 512 g/mol. The summed E-state index contributed by atoms with van der Waals surface area (Å²) in [6, 6.07) is 9.48. The Hall–Kier alpha value is -2.62.